The molecule has 0 saturated carbocycles. The maximum Gasteiger partial charge on any atom is 0.335 e. The third-order valence-electron chi connectivity index (χ3n) is 3.06. The van der Waals surface area contributed by atoms with Crippen molar-refractivity contribution in [2.75, 3.05) is 0 Å². The highest BCUT2D eigenvalue weighted by Crippen LogP contribution is 2.25. The molecule has 0 aliphatic heterocycles. The highest BCUT2D eigenvalue weighted by Gasteiger charge is 2.15. The SMILES string of the molecule is CCn1nc(C)cc1-c1nc2ccc(C(=O)O)cc2o1. The maximum atomic E-state index is 10.9. The summed E-state index contributed by atoms with van der Waals surface area (Å²) in [6, 6.07) is 6.53. The number of hydrogen-bond acceptors (Lipinski definition) is 4. The Bertz CT molecular complexity index is 801. The summed E-state index contributed by atoms with van der Waals surface area (Å²) in [7, 11) is 0. The normalized spacial score (nSPS) is 11.1. The number of hydrogen-bond donors (Lipinski definition) is 1. The fraction of sp³-hybridized carbons (Fsp3) is 0.214. The molecule has 6 nitrogen and oxygen atoms in total. The quantitative estimate of drug-likeness (QED) is 0.792. The maximum absolute atomic E-state index is 10.9. The minimum atomic E-state index is -0.987. The zero-order chi connectivity index (χ0) is 14.3. The highest BCUT2D eigenvalue weighted by molar-refractivity contribution is 5.92. The van der Waals surface area contributed by atoms with Gasteiger partial charge in [0, 0.05) is 6.54 Å². The molecule has 2 aromatic heterocycles. The number of oxazole rings is 1. The van der Waals surface area contributed by atoms with Gasteiger partial charge in [-0.1, -0.05) is 0 Å². The van der Waals surface area contributed by atoms with Gasteiger partial charge in [-0.3, -0.25) is 4.68 Å². The molecule has 0 spiro atoms. The third kappa shape index (κ3) is 1.95. The molecule has 0 atom stereocenters. The van der Waals surface area contributed by atoms with Crippen molar-refractivity contribution in [1.82, 2.24) is 14.8 Å². The van der Waals surface area contributed by atoms with E-state index in [4.69, 9.17) is 9.52 Å². The van der Waals surface area contributed by atoms with Gasteiger partial charge >= 0.3 is 5.97 Å². The summed E-state index contributed by atoms with van der Waals surface area (Å²) in [5, 5.41) is 13.3. The van der Waals surface area contributed by atoms with E-state index in [1.807, 2.05) is 19.9 Å². The smallest absolute Gasteiger partial charge is 0.335 e. The van der Waals surface area contributed by atoms with Gasteiger partial charge in [-0.15, -0.1) is 0 Å². The van der Waals surface area contributed by atoms with E-state index in [0.29, 0.717) is 23.5 Å². The van der Waals surface area contributed by atoms with Crippen LogP contribution in [0.2, 0.25) is 0 Å². The molecule has 0 unspecified atom stereocenters. The number of rotatable bonds is 3. The molecule has 2 heterocycles. The van der Waals surface area contributed by atoms with Crippen LogP contribution in [-0.2, 0) is 6.54 Å². The first kappa shape index (κ1) is 12.4. The molecule has 102 valence electrons. The molecule has 1 aromatic carbocycles. The number of aromatic carboxylic acids is 1. The Morgan fingerprint density at radius 2 is 2.20 bits per heavy atom. The van der Waals surface area contributed by atoms with Gasteiger partial charge < -0.3 is 9.52 Å². The van der Waals surface area contributed by atoms with Crippen molar-refractivity contribution in [1.29, 1.82) is 0 Å². The van der Waals surface area contributed by atoms with Crippen LogP contribution in [0.4, 0.5) is 0 Å². The molecular formula is C14H13N3O3. The van der Waals surface area contributed by atoms with Crippen LogP contribution in [0.3, 0.4) is 0 Å². The predicted molar refractivity (Wildman–Crippen MR) is 72.6 cm³/mol. The largest absolute Gasteiger partial charge is 0.478 e. The zero-order valence-corrected chi connectivity index (χ0v) is 11.1. The summed E-state index contributed by atoms with van der Waals surface area (Å²) in [5.74, 6) is -0.538. The zero-order valence-electron chi connectivity index (χ0n) is 11.1. The van der Waals surface area contributed by atoms with Gasteiger partial charge in [-0.2, -0.15) is 5.10 Å². The van der Waals surface area contributed by atoms with E-state index in [9.17, 15) is 4.79 Å². The van der Waals surface area contributed by atoms with Crippen LogP contribution in [-0.4, -0.2) is 25.8 Å². The second-order valence-corrected chi connectivity index (χ2v) is 4.49. The lowest BCUT2D eigenvalue weighted by Crippen LogP contribution is -1.99. The molecule has 0 aliphatic carbocycles. The van der Waals surface area contributed by atoms with Crippen LogP contribution in [0, 0.1) is 6.92 Å². The standard InChI is InChI=1S/C14H13N3O3/c1-3-17-11(6-8(2)16-17)13-15-10-5-4-9(14(18)19)7-12(10)20-13/h4-7H,3H2,1-2H3,(H,18,19). The monoisotopic (exact) mass is 271 g/mol. The Hall–Kier alpha value is -2.63. The minimum absolute atomic E-state index is 0.181. The molecule has 0 amide bonds. The van der Waals surface area contributed by atoms with Gasteiger partial charge in [0.05, 0.1) is 11.3 Å². The van der Waals surface area contributed by atoms with Crippen LogP contribution >= 0.6 is 0 Å². The van der Waals surface area contributed by atoms with E-state index in [-0.39, 0.29) is 5.56 Å². The summed E-state index contributed by atoms with van der Waals surface area (Å²) in [6.45, 7) is 4.60. The van der Waals surface area contributed by atoms with Crippen LogP contribution in [0.1, 0.15) is 23.0 Å². The van der Waals surface area contributed by atoms with E-state index in [1.165, 1.54) is 12.1 Å². The number of fused-ring (bicyclic) bond motifs is 1. The van der Waals surface area contributed by atoms with Gasteiger partial charge in [-0.05, 0) is 38.1 Å². The Kier molecular flexibility index (Phi) is 2.78. The van der Waals surface area contributed by atoms with Gasteiger partial charge in [0.15, 0.2) is 5.58 Å². The summed E-state index contributed by atoms with van der Waals surface area (Å²) in [6.07, 6.45) is 0. The van der Waals surface area contributed by atoms with E-state index in [2.05, 4.69) is 10.1 Å². The van der Waals surface area contributed by atoms with E-state index in [0.717, 1.165) is 11.4 Å². The molecule has 6 heteroatoms. The lowest BCUT2D eigenvalue weighted by molar-refractivity contribution is 0.0697. The Morgan fingerprint density at radius 3 is 2.90 bits per heavy atom. The lowest BCUT2D eigenvalue weighted by Gasteiger charge is -1.98. The van der Waals surface area contributed by atoms with Crippen molar-refractivity contribution in [3.8, 4) is 11.6 Å². The van der Waals surface area contributed by atoms with Gasteiger partial charge in [0.25, 0.3) is 0 Å². The Morgan fingerprint density at radius 1 is 1.40 bits per heavy atom. The number of carboxylic acids is 1. The van der Waals surface area contributed by atoms with Crippen LogP contribution < -0.4 is 0 Å². The Balaban J connectivity index is 2.15. The fourth-order valence-electron chi connectivity index (χ4n) is 2.13. The van der Waals surface area contributed by atoms with Gasteiger partial charge in [0.1, 0.15) is 11.2 Å². The molecule has 3 aromatic rings. The van der Waals surface area contributed by atoms with Crippen molar-refractivity contribution < 1.29 is 14.3 Å². The first-order chi connectivity index (χ1) is 9.58. The molecule has 3 rings (SSSR count). The molecule has 20 heavy (non-hydrogen) atoms. The summed E-state index contributed by atoms with van der Waals surface area (Å²) < 4.78 is 7.47. The number of benzene rings is 1. The van der Waals surface area contributed by atoms with Crippen LogP contribution in [0.25, 0.3) is 22.7 Å². The second kappa shape index (κ2) is 4.48. The molecule has 1 N–H and O–H groups in total. The number of aryl methyl sites for hydroxylation is 2. The molecule has 0 radical (unpaired) electrons. The number of carbonyl (C=O) groups is 1. The number of nitrogens with zero attached hydrogens (tertiary/aromatic N) is 3. The average Bonchev–Trinajstić information content (AvgIpc) is 3.00. The first-order valence-corrected chi connectivity index (χ1v) is 6.27. The van der Waals surface area contributed by atoms with Crippen molar-refractivity contribution in [3.05, 3.63) is 35.5 Å². The molecule has 0 fully saturated rings. The highest BCUT2D eigenvalue weighted by atomic mass is 16.4. The lowest BCUT2D eigenvalue weighted by atomic mass is 10.2. The van der Waals surface area contributed by atoms with Crippen molar-refractivity contribution in [2.45, 2.75) is 20.4 Å². The van der Waals surface area contributed by atoms with Gasteiger partial charge in [0.2, 0.25) is 5.89 Å². The average molecular weight is 271 g/mol. The molecule has 0 aliphatic rings. The van der Waals surface area contributed by atoms with Crippen molar-refractivity contribution in [3.63, 3.8) is 0 Å². The minimum Gasteiger partial charge on any atom is -0.478 e. The van der Waals surface area contributed by atoms with Crippen LogP contribution in [0.5, 0.6) is 0 Å². The fourth-order valence-corrected chi connectivity index (χ4v) is 2.13. The Labute approximate surface area is 114 Å². The van der Waals surface area contributed by atoms with Gasteiger partial charge in [-0.25, -0.2) is 9.78 Å². The van der Waals surface area contributed by atoms with E-state index < -0.39 is 5.97 Å². The first-order valence-electron chi connectivity index (χ1n) is 6.27. The molecule has 0 saturated heterocycles. The van der Waals surface area contributed by atoms with E-state index >= 15 is 0 Å². The topological polar surface area (TPSA) is 81.2 Å². The third-order valence-corrected chi connectivity index (χ3v) is 3.06. The van der Waals surface area contributed by atoms with Crippen molar-refractivity contribution >= 4 is 17.1 Å². The second-order valence-electron chi connectivity index (χ2n) is 4.49. The molecular weight excluding hydrogens is 258 g/mol. The number of carboxylic acid groups (broad SMARTS) is 1. The summed E-state index contributed by atoms with van der Waals surface area (Å²) in [5.41, 5.74) is 2.95. The molecule has 0 bridgehead atoms. The summed E-state index contributed by atoms with van der Waals surface area (Å²) >= 11 is 0. The van der Waals surface area contributed by atoms with Crippen molar-refractivity contribution in [2.24, 2.45) is 0 Å². The number of aromatic nitrogens is 3. The van der Waals surface area contributed by atoms with E-state index in [1.54, 1.807) is 10.7 Å². The van der Waals surface area contributed by atoms with Crippen LogP contribution in [0.15, 0.2) is 28.7 Å². The summed E-state index contributed by atoms with van der Waals surface area (Å²) in [4.78, 5) is 15.3. The predicted octanol–water partition coefficient (Wildman–Crippen LogP) is 2.72.